The lowest BCUT2D eigenvalue weighted by Gasteiger charge is -2.29. The summed E-state index contributed by atoms with van der Waals surface area (Å²) in [5, 5.41) is 0. The van der Waals surface area contributed by atoms with Gasteiger partial charge in [-0.05, 0) is 37.0 Å². The number of ether oxygens (including phenoxy) is 1. The topological polar surface area (TPSA) is 9.23 Å². The Labute approximate surface area is 125 Å². The zero-order valence-electron chi connectivity index (χ0n) is 11.9. The van der Waals surface area contributed by atoms with Gasteiger partial charge < -0.3 is 4.74 Å². The smallest absolute Gasteiger partial charge is 0.0575 e. The van der Waals surface area contributed by atoms with E-state index in [-0.39, 0.29) is 0 Å². The van der Waals surface area contributed by atoms with Crippen molar-refractivity contribution in [2.24, 2.45) is 0 Å². The van der Waals surface area contributed by atoms with Crippen LogP contribution < -0.4 is 0 Å². The van der Waals surface area contributed by atoms with E-state index < -0.39 is 0 Å². The van der Waals surface area contributed by atoms with Crippen LogP contribution in [0.2, 0.25) is 0 Å². The van der Waals surface area contributed by atoms with Crippen LogP contribution in [0.3, 0.4) is 0 Å². The molecule has 0 amide bonds. The second-order valence-corrected chi connectivity index (χ2v) is 6.55. The summed E-state index contributed by atoms with van der Waals surface area (Å²) in [4.78, 5) is 0. The molecule has 1 aliphatic rings. The van der Waals surface area contributed by atoms with Crippen molar-refractivity contribution in [3.8, 4) is 0 Å². The predicted octanol–water partition coefficient (Wildman–Crippen LogP) is 5.68. The third kappa shape index (κ3) is 4.92. The van der Waals surface area contributed by atoms with E-state index in [0.717, 1.165) is 11.1 Å². The van der Waals surface area contributed by atoms with E-state index in [1.54, 1.807) is 0 Å². The van der Waals surface area contributed by atoms with Gasteiger partial charge in [0, 0.05) is 10.4 Å². The first-order chi connectivity index (χ1) is 9.29. The maximum Gasteiger partial charge on any atom is 0.0575 e. The fourth-order valence-electron chi connectivity index (χ4n) is 2.83. The van der Waals surface area contributed by atoms with Gasteiger partial charge in [0.25, 0.3) is 0 Å². The number of unbranched alkanes of at least 4 members (excludes halogenated alkanes) is 3. The zero-order valence-corrected chi connectivity index (χ0v) is 13.5. The van der Waals surface area contributed by atoms with Gasteiger partial charge in [-0.15, -0.1) is 0 Å². The molecule has 0 bridgehead atoms. The molecule has 0 saturated carbocycles. The van der Waals surface area contributed by atoms with Crippen molar-refractivity contribution >= 4 is 15.9 Å². The number of hydrogen-bond acceptors (Lipinski definition) is 1. The molecule has 19 heavy (non-hydrogen) atoms. The lowest BCUT2D eigenvalue weighted by molar-refractivity contribution is -0.00212. The van der Waals surface area contributed by atoms with Crippen LogP contribution in [-0.4, -0.2) is 12.7 Å². The SMILES string of the molecule is CCCCCCC1CCC(c2ccc(Br)cc2)CO1. The summed E-state index contributed by atoms with van der Waals surface area (Å²) in [6.45, 7) is 3.17. The van der Waals surface area contributed by atoms with Gasteiger partial charge in [-0.25, -0.2) is 0 Å². The Morgan fingerprint density at radius 1 is 1.11 bits per heavy atom. The normalized spacial score (nSPS) is 23.5. The van der Waals surface area contributed by atoms with Crippen LogP contribution >= 0.6 is 15.9 Å². The van der Waals surface area contributed by atoms with Gasteiger partial charge in [0.1, 0.15) is 0 Å². The summed E-state index contributed by atoms with van der Waals surface area (Å²) in [5.41, 5.74) is 1.42. The average molecular weight is 325 g/mol. The first-order valence-corrected chi connectivity index (χ1v) is 8.46. The molecule has 0 aliphatic carbocycles. The van der Waals surface area contributed by atoms with Gasteiger partial charge in [-0.2, -0.15) is 0 Å². The molecule has 106 valence electrons. The Bertz CT molecular complexity index is 352. The van der Waals surface area contributed by atoms with Crippen molar-refractivity contribution in [3.05, 3.63) is 34.3 Å². The summed E-state index contributed by atoms with van der Waals surface area (Å²) in [7, 11) is 0. The molecular weight excluding hydrogens is 300 g/mol. The van der Waals surface area contributed by atoms with Crippen molar-refractivity contribution in [1.82, 2.24) is 0 Å². The van der Waals surface area contributed by atoms with Crippen LogP contribution in [0.15, 0.2) is 28.7 Å². The Kier molecular flexibility index (Phi) is 6.39. The minimum Gasteiger partial charge on any atom is -0.378 e. The van der Waals surface area contributed by atoms with Gasteiger partial charge in [-0.1, -0.05) is 60.7 Å². The van der Waals surface area contributed by atoms with E-state index in [9.17, 15) is 0 Å². The molecule has 1 saturated heterocycles. The van der Waals surface area contributed by atoms with Crippen molar-refractivity contribution in [3.63, 3.8) is 0 Å². The van der Waals surface area contributed by atoms with E-state index in [1.165, 1.54) is 50.5 Å². The highest BCUT2D eigenvalue weighted by atomic mass is 79.9. The molecule has 0 N–H and O–H groups in total. The number of halogens is 1. The molecule has 1 nitrogen and oxygen atoms in total. The van der Waals surface area contributed by atoms with Crippen molar-refractivity contribution in [1.29, 1.82) is 0 Å². The Morgan fingerprint density at radius 2 is 1.89 bits per heavy atom. The average Bonchev–Trinajstić information content (AvgIpc) is 2.45. The van der Waals surface area contributed by atoms with E-state index in [1.807, 2.05) is 0 Å². The summed E-state index contributed by atoms with van der Waals surface area (Å²) >= 11 is 3.49. The second-order valence-electron chi connectivity index (χ2n) is 5.63. The van der Waals surface area contributed by atoms with E-state index >= 15 is 0 Å². The summed E-state index contributed by atoms with van der Waals surface area (Å²) in [6, 6.07) is 8.71. The maximum absolute atomic E-state index is 6.04. The van der Waals surface area contributed by atoms with Crippen LogP contribution in [-0.2, 0) is 4.74 Å². The fourth-order valence-corrected chi connectivity index (χ4v) is 3.09. The largest absolute Gasteiger partial charge is 0.378 e. The maximum atomic E-state index is 6.04. The second kappa shape index (κ2) is 8.06. The Hall–Kier alpha value is -0.340. The van der Waals surface area contributed by atoms with Crippen LogP contribution in [0.4, 0.5) is 0 Å². The minimum atomic E-state index is 0.517. The Balaban J connectivity index is 1.71. The standard InChI is InChI=1S/C17H25BrO/c1-2-3-4-5-6-17-12-9-15(13-19-17)14-7-10-16(18)11-8-14/h7-8,10-11,15,17H,2-6,9,12-13H2,1H3. The lowest BCUT2D eigenvalue weighted by atomic mass is 9.90. The summed E-state index contributed by atoms with van der Waals surface area (Å²) in [6.07, 6.45) is 9.67. The molecule has 2 unspecified atom stereocenters. The first-order valence-electron chi connectivity index (χ1n) is 7.66. The van der Waals surface area contributed by atoms with Crippen molar-refractivity contribution < 1.29 is 4.74 Å². The highest BCUT2D eigenvalue weighted by Crippen LogP contribution is 2.30. The van der Waals surface area contributed by atoms with Crippen LogP contribution in [0.25, 0.3) is 0 Å². The monoisotopic (exact) mass is 324 g/mol. The van der Waals surface area contributed by atoms with Gasteiger partial charge in [0.2, 0.25) is 0 Å². The van der Waals surface area contributed by atoms with Gasteiger partial charge in [0.15, 0.2) is 0 Å². The third-order valence-corrected chi connectivity index (χ3v) is 4.62. The van der Waals surface area contributed by atoms with Crippen LogP contribution in [0, 0.1) is 0 Å². The van der Waals surface area contributed by atoms with Crippen molar-refractivity contribution in [2.45, 2.75) is 63.9 Å². The molecule has 2 heteroatoms. The van der Waals surface area contributed by atoms with Crippen LogP contribution in [0.1, 0.15) is 63.4 Å². The highest BCUT2D eigenvalue weighted by Gasteiger charge is 2.22. The number of benzene rings is 1. The van der Waals surface area contributed by atoms with Gasteiger partial charge in [-0.3, -0.25) is 0 Å². The molecule has 1 aromatic carbocycles. The molecule has 0 aromatic heterocycles. The molecule has 1 aromatic rings. The minimum absolute atomic E-state index is 0.517. The van der Waals surface area contributed by atoms with Gasteiger partial charge in [0.05, 0.1) is 12.7 Å². The predicted molar refractivity (Wildman–Crippen MR) is 84.6 cm³/mol. The zero-order chi connectivity index (χ0) is 13.5. The summed E-state index contributed by atoms with van der Waals surface area (Å²) in [5.74, 6) is 0.597. The van der Waals surface area contributed by atoms with E-state index in [2.05, 4.69) is 47.1 Å². The molecule has 1 heterocycles. The number of rotatable bonds is 6. The fraction of sp³-hybridized carbons (Fsp3) is 0.647. The molecule has 1 aliphatic heterocycles. The molecule has 2 atom stereocenters. The quantitative estimate of drug-likeness (QED) is 0.611. The van der Waals surface area contributed by atoms with E-state index in [0.29, 0.717) is 12.0 Å². The Morgan fingerprint density at radius 3 is 2.53 bits per heavy atom. The van der Waals surface area contributed by atoms with Gasteiger partial charge >= 0.3 is 0 Å². The molecule has 2 rings (SSSR count). The summed E-state index contributed by atoms with van der Waals surface area (Å²) < 4.78 is 7.20. The molecule has 1 fully saturated rings. The van der Waals surface area contributed by atoms with Crippen LogP contribution in [0.5, 0.6) is 0 Å². The highest BCUT2D eigenvalue weighted by molar-refractivity contribution is 9.10. The lowest BCUT2D eigenvalue weighted by Crippen LogP contribution is -2.24. The molecule has 0 radical (unpaired) electrons. The molecular formula is C17H25BrO. The third-order valence-electron chi connectivity index (χ3n) is 4.09. The first kappa shape index (κ1) is 15.1. The number of hydrogen-bond donors (Lipinski definition) is 0. The van der Waals surface area contributed by atoms with E-state index in [4.69, 9.17) is 4.74 Å². The van der Waals surface area contributed by atoms with Crippen molar-refractivity contribution in [2.75, 3.05) is 6.61 Å². The molecule has 0 spiro atoms.